The fourth-order valence-corrected chi connectivity index (χ4v) is 2.61. The molecule has 1 aliphatic rings. The van der Waals surface area contributed by atoms with Crippen LogP contribution in [0.4, 0.5) is 11.5 Å². The van der Waals surface area contributed by atoms with E-state index in [1.807, 2.05) is 0 Å². The van der Waals surface area contributed by atoms with E-state index < -0.39 is 4.92 Å². The lowest BCUT2D eigenvalue weighted by Gasteiger charge is -2.39. The molecule has 104 valence electrons. The van der Waals surface area contributed by atoms with Gasteiger partial charge in [-0.05, 0) is 13.5 Å². The zero-order valence-corrected chi connectivity index (χ0v) is 11.8. The Kier molecular flexibility index (Phi) is 4.21. The first-order valence-corrected chi connectivity index (χ1v) is 6.70. The summed E-state index contributed by atoms with van der Waals surface area (Å²) in [5, 5.41) is 11.0. The number of nitro groups is 1. The maximum absolute atomic E-state index is 10.8. The van der Waals surface area contributed by atoms with Crippen molar-refractivity contribution in [1.29, 1.82) is 0 Å². The summed E-state index contributed by atoms with van der Waals surface area (Å²) in [5.41, 5.74) is -0.0134. The number of anilines is 1. The molecule has 1 fully saturated rings. The van der Waals surface area contributed by atoms with E-state index in [1.165, 1.54) is 12.1 Å². The van der Waals surface area contributed by atoms with Gasteiger partial charge in [-0.3, -0.25) is 15.0 Å². The number of piperazine rings is 1. The van der Waals surface area contributed by atoms with Gasteiger partial charge in [0.25, 0.3) is 5.69 Å². The molecule has 0 saturated carbocycles. The van der Waals surface area contributed by atoms with Crippen molar-refractivity contribution in [3.8, 4) is 0 Å². The molecule has 1 atom stereocenters. The van der Waals surface area contributed by atoms with Crippen LogP contribution in [-0.2, 0) is 0 Å². The number of hydrogen-bond acceptors (Lipinski definition) is 5. The van der Waals surface area contributed by atoms with Crippen molar-refractivity contribution >= 4 is 23.1 Å². The highest BCUT2D eigenvalue weighted by Crippen LogP contribution is 2.25. The molecule has 0 aromatic carbocycles. The lowest BCUT2D eigenvalue weighted by Crippen LogP contribution is -2.52. The summed E-state index contributed by atoms with van der Waals surface area (Å²) < 4.78 is 0. The molecule has 0 aliphatic carbocycles. The maximum Gasteiger partial charge on any atom is 0.276 e. The first-order chi connectivity index (χ1) is 9.01. The van der Waals surface area contributed by atoms with Crippen LogP contribution in [0.15, 0.2) is 12.1 Å². The third-order valence-corrected chi connectivity index (χ3v) is 3.67. The van der Waals surface area contributed by atoms with Crippen LogP contribution in [0.3, 0.4) is 0 Å². The van der Waals surface area contributed by atoms with Gasteiger partial charge in [-0.2, -0.15) is 0 Å². The third-order valence-electron chi connectivity index (χ3n) is 3.47. The predicted molar refractivity (Wildman–Crippen MR) is 74.8 cm³/mol. The van der Waals surface area contributed by atoms with E-state index in [0.29, 0.717) is 11.9 Å². The Balaban J connectivity index is 2.21. The highest BCUT2D eigenvalue weighted by atomic mass is 35.5. The van der Waals surface area contributed by atoms with E-state index in [4.69, 9.17) is 11.6 Å². The zero-order valence-electron chi connectivity index (χ0n) is 11.0. The molecule has 7 heteroatoms. The molecular formula is C12H17ClN4O2. The molecule has 1 saturated heterocycles. The number of pyridine rings is 1. The fraction of sp³-hybridized carbons (Fsp3) is 0.583. The SMILES string of the molecule is CCN1CCN(c2cc([N+](=O)[O-])cc(Cl)n2)CC1C. The lowest BCUT2D eigenvalue weighted by atomic mass is 10.2. The van der Waals surface area contributed by atoms with E-state index in [9.17, 15) is 10.1 Å². The van der Waals surface area contributed by atoms with E-state index in [1.54, 1.807) is 0 Å². The van der Waals surface area contributed by atoms with E-state index >= 15 is 0 Å². The predicted octanol–water partition coefficient (Wildman–Crippen LogP) is 2.17. The van der Waals surface area contributed by atoms with Gasteiger partial charge in [-0.25, -0.2) is 4.98 Å². The highest BCUT2D eigenvalue weighted by Gasteiger charge is 2.24. The summed E-state index contributed by atoms with van der Waals surface area (Å²) in [4.78, 5) is 19.0. The minimum absolute atomic E-state index is 0.0134. The Hall–Kier alpha value is -1.40. The molecule has 0 spiro atoms. The number of halogens is 1. The molecule has 0 bridgehead atoms. The minimum atomic E-state index is -0.442. The molecule has 6 nitrogen and oxygen atoms in total. The Morgan fingerprint density at radius 2 is 2.26 bits per heavy atom. The molecule has 1 aromatic rings. The van der Waals surface area contributed by atoms with Crippen molar-refractivity contribution in [2.24, 2.45) is 0 Å². The highest BCUT2D eigenvalue weighted by molar-refractivity contribution is 6.29. The van der Waals surface area contributed by atoms with Crippen molar-refractivity contribution < 1.29 is 4.92 Å². The van der Waals surface area contributed by atoms with Crippen molar-refractivity contribution in [2.75, 3.05) is 31.1 Å². The molecular weight excluding hydrogens is 268 g/mol. The Morgan fingerprint density at radius 3 is 2.84 bits per heavy atom. The van der Waals surface area contributed by atoms with E-state index in [-0.39, 0.29) is 10.8 Å². The smallest absolute Gasteiger partial charge is 0.276 e. The minimum Gasteiger partial charge on any atom is -0.354 e. The average molecular weight is 285 g/mol. The molecule has 1 aromatic heterocycles. The Labute approximate surface area is 117 Å². The quantitative estimate of drug-likeness (QED) is 0.484. The van der Waals surface area contributed by atoms with Crippen LogP contribution in [0.1, 0.15) is 13.8 Å². The lowest BCUT2D eigenvalue weighted by molar-refractivity contribution is -0.384. The van der Waals surface area contributed by atoms with Gasteiger partial charge in [0, 0.05) is 25.7 Å². The number of hydrogen-bond donors (Lipinski definition) is 0. The standard InChI is InChI=1S/C12H17ClN4O2/c1-3-15-4-5-16(8-9(15)2)12-7-10(17(18)19)6-11(13)14-12/h6-7,9H,3-5,8H2,1-2H3. The summed E-state index contributed by atoms with van der Waals surface area (Å²) in [6.45, 7) is 7.84. The molecule has 0 radical (unpaired) electrons. The van der Waals surface area contributed by atoms with Crippen molar-refractivity contribution in [3.05, 3.63) is 27.4 Å². The molecule has 2 rings (SSSR count). The summed E-state index contributed by atoms with van der Waals surface area (Å²) in [6.07, 6.45) is 0. The van der Waals surface area contributed by atoms with Gasteiger partial charge in [0.15, 0.2) is 0 Å². The second-order valence-electron chi connectivity index (χ2n) is 4.69. The molecule has 19 heavy (non-hydrogen) atoms. The molecule has 2 heterocycles. The largest absolute Gasteiger partial charge is 0.354 e. The van der Waals surface area contributed by atoms with Gasteiger partial charge in [0.2, 0.25) is 0 Å². The van der Waals surface area contributed by atoms with Crippen LogP contribution >= 0.6 is 11.6 Å². The average Bonchev–Trinajstić information content (AvgIpc) is 2.37. The summed E-state index contributed by atoms with van der Waals surface area (Å²) in [6, 6.07) is 3.16. The monoisotopic (exact) mass is 284 g/mol. The molecule has 1 aliphatic heterocycles. The first kappa shape index (κ1) is 14.0. The summed E-state index contributed by atoms with van der Waals surface area (Å²) in [7, 11) is 0. The van der Waals surface area contributed by atoms with Crippen molar-refractivity contribution in [2.45, 2.75) is 19.9 Å². The number of likely N-dealkylation sites (N-methyl/N-ethyl adjacent to an activating group) is 1. The number of nitrogens with zero attached hydrogens (tertiary/aromatic N) is 4. The topological polar surface area (TPSA) is 62.5 Å². The van der Waals surface area contributed by atoms with Gasteiger partial charge in [0.1, 0.15) is 11.0 Å². The van der Waals surface area contributed by atoms with Crippen molar-refractivity contribution in [3.63, 3.8) is 0 Å². The Bertz CT molecular complexity index is 483. The van der Waals surface area contributed by atoms with Gasteiger partial charge in [-0.15, -0.1) is 0 Å². The van der Waals surface area contributed by atoms with Crippen LogP contribution in [0, 0.1) is 10.1 Å². The first-order valence-electron chi connectivity index (χ1n) is 6.32. The third kappa shape index (κ3) is 3.13. The zero-order chi connectivity index (χ0) is 14.0. The second kappa shape index (κ2) is 5.71. The van der Waals surface area contributed by atoms with Crippen LogP contribution in [0.25, 0.3) is 0 Å². The second-order valence-corrected chi connectivity index (χ2v) is 5.07. The van der Waals surface area contributed by atoms with Crippen molar-refractivity contribution in [1.82, 2.24) is 9.88 Å². The summed E-state index contributed by atoms with van der Waals surface area (Å²) in [5.74, 6) is 0.585. The molecule has 0 N–H and O–H groups in total. The number of aromatic nitrogens is 1. The van der Waals surface area contributed by atoms with Crippen LogP contribution in [-0.4, -0.2) is 47.0 Å². The van der Waals surface area contributed by atoms with Gasteiger partial charge >= 0.3 is 0 Å². The summed E-state index contributed by atoms with van der Waals surface area (Å²) >= 11 is 5.85. The maximum atomic E-state index is 10.8. The fourth-order valence-electron chi connectivity index (χ4n) is 2.41. The van der Waals surface area contributed by atoms with Crippen LogP contribution in [0.2, 0.25) is 5.15 Å². The number of rotatable bonds is 3. The van der Waals surface area contributed by atoms with Crippen LogP contribution < -0.4 is 4.90 Å². The molecule has 1 unspecified atom stereocenters. The van der Waals surface area contributed by atoms with E-state index in [0.717, 1.165) is 26.2 Å². The van der Waals surface area contributed by atoms with Gasteiger partial charge in [0.05, 0.1) is 17.1 Å². The molecule has 0 amide bonds. The normalized spacial score (nSPS) is 20.6. The Morgan fingerprint density at radius 1 is 1.53 bits per heavy atom. The van der Waals surface area contributed by atoms with E-state index in [2.05, 4.69) is 28.6 Å². The van der Waals surface area contributed by atoms with Gasteiger partial charge in [-0.1, -0.05) is 18.5 Å². The van der Waals surface area contributed by atoms with Crippen LogP contribution in [0.5, 0.6) is 0 Å². The van der Waals surface area contributed by atoms with Gasteiger partial charge < -0.3 is 4.90 Å².